The summed E-state index contributed by atoms with van der Waals surface area (Å²) in [7, 11) is 0. The van der Waals surface area contributed by atoms with Gasteiger partial charge in [-0.25, -0.2) is 0 Å². The van der Waals surface area contributed by atoms with E-state index < -0.39 is 6.04 Å². The summed E-state index contributed by atoms with van der Waals surface area (Å²) >= 11 is 6.11. The van der Waals surface area contributed by atoms with E-state index in [9.17, 15) is 9.59 Å². The highest BCUT2D eigenvalue weighted by Crippen LogP contribution is 2.21. The van der Waals surface area contributed by atoms with Crippen LogP contribution in [0.2, 0.25) is 5.02 Å². The number of ether oxygens (including phenoxy) is 1. The SMILES string of the molecule is CCCCNC(=O)[C@@H](Cc1ccccc1)N(Cc1ccccc1)C(=O)COc1ccc(Cl)c(C)c1. The molecule has 2 amide bonds. The lowest BCUT2D eigenvalue weighted by atomic mass is 10.0. The maximum atomic E-state index is 13.5. The molecule has 0 unspecified atom stereocenters. The highest BCUT2D eigenvalue weighted by atomic mass is 35.5. The molecule has 6 heteroatoms. The van der Waals surface area contributed by atoms with E-state index in [-0.39, 0.29) is 18.4 Å². The van der Waals surface area contributed by atoms with Crippen LogP contribution in [0.25, 0.3) is 0 Å². The maximum absolute atomic E-state index is 13.5. The van der Waals surface area contributed by atoms with Crippen LogP contribution in [0.15, 0.2) is 78.9 Å². The molecule has 0 aliphatic carbocycles. The van der Waals surface area contributed by atoms with Gasteiger partial charge in [-0.05, 0) is 48.2 Å². The zero-order chi connectivity index (χ0) is 25.0. The zero-order valence-electron chi connectivity index (χ0n) is 20.4. The average Bonchev–Trinajstić information content (AvgIpc) is 2.88. The highest BCUT2D eigenvalue weighted by molar-refractivity contribution is 6.31. The predicted octanol–water partition coefficient (Wildman–Crippen LogP) is 5.58. The summed E-state index contributed by atoms with van der Waals surface area (Å²) < 4.78 is 5.82. The van der Waals surface area contributed by atoms with Gasteiger partial charge >= 0.3 is 0 Å². The van der Waals surface area contributed by atoms with E-state index in [1.807, 2.05) is 67.6 Å². The fraction of sp³-hybridized carbons (Fsp3) is 0.310. The molecule has 5 nitrogen and oxygen atoms in total. The highest BCUT2D eigenvalue weighted by Gasteiger charge is 2.30. The summed E-state index contributed by atoms with van der Waals surface area (Å²) in [5.41, 5.74) is 2.81. The fourth-order valence-electron chi connectivity index (χ4n) is 3.78. The number of unbranched alkanes of at least 4 members (excludes halogenated alkanes) is 1. The van der Waals surface area contributed by atoms with Crippen molar-refractivity contribution in [2.75, 3.05) is 13.2 Å². The van der Waals surface area contributed by atoms with E-state index >= 15 is 0 Å². The van der Waals surface area contributed by atoms with Gasteiger partial charge in [-0.3, -0.25) is 9.59 Å². The quantitative estimate of drug-likeness (QED) is 0.335. The van der Waals surface area contributed by atoms with Crippen LogP contribution in [0.3, 0.4) is 0 Å². The van der Waals surface area contributed by atoms with Gasteiger partial charge < -0.3 is 15.0 Å². The smallest absolute Gasteiger partial charge is 0.261 e. The van der Waals surface area contributed by atoms with E-state index in [1.54, 1.807) is 23.1 Å². The number of hydrogen-bond acceptors (Lipinski definition) is 3. The summed E-state index contributed by atoms with van der Waals surface area (Å²) in [6.45, 7) is 4.67. The van der Waals surface area contributed by atoms with E-state index in [2.05, 4.69) is 12.2 Å². The van der Waals surface area contributed by atoms with Gasteiger partial charge in [0.1, 0.15) is 11.8 Å². The lowest BCUT2D eigenvalue weighted by Gasteiger charge is -2.31. The number of aryl methyl sites for hydroxylation is 1. The molecule has 3 aromatic carbocycles. The molecule has 0 bridgehead atoms. The third kappa shape index (κ3) is 8.15. The van der Waals surface area contributed by atoms with E-state index in [4.69, 9.17) is 16.3 Å². The Balaban J connectivity index is 1.86. The number of carbonyl (C=O) groups is 2. The number of halogens is 1. The van der Waals surface area contributed by atoms with Crippen molar-refractivity contribution >= 4 is 23.4 Å². The lowest BCUT2D eigenvalue weighted by molar-refractivity contribution is -0.142. The first kappa shape index (κ1) is 26.3. The van der Waals surface area contributed by atoms with Crippen LogP contribution in [-0.4, -0.2) is 35.9 Å². The Labute approximate surface area is 213 Å². The first-order chi connectivity index (χ1) is 17.0. The van der Waals surface area contributed by atoms with Crippen LogP contribution >= 0.6 is 11.6 Å². The van der Waals surface area contributed by atoms with Crippen LogP contribution in [0.4, 0.5) is 0 Å². The van der Waals surface area contributed by atoms with Crippen molar-refractivity contribution in [3.8, 4) is 5.75 Å². The topological polar surface area (TPSA) is 58.6 Å². The molecule has 0 saturated heterocycles. The first-order valence-electron chi connectivity index (χ1n) is 12.0. The predicted molar refractivity (Wildman–Crippen MR) is 141 cm³/mol. The fourth-order valence-corrected chi connectivity index (χ4v) is 3.89. The summed E-state index contributed by atoms with van der Waals surface area (Å²) in [6, 6.07) is 24.1. The van der Waals surface area contributed by atoms with Crippen molar-refractivity contribution in [3.63, 3.8) is 0 Å². The summed E-state index contributed by atoms with van der Waals surface area (Å²) in [5.74, 6) is 0.147. The van der Waals surface area contributed by atoms with Crippen LogP contribution < -0.4 is 10.1 Å². The second kappa shape index (κ2) is 13.5. The molecule has 0 aliphatic heterocycles. The largest absolute Gasteiger partial charge is 0.484 e. The van der Waals surface area contributed by atoms with E-state index in [0.717, 1.165) is 29.5 Å². The number of benzene rings is 3. The molecule has 0 aliphatic rings. The zero-order valence-corrected chi connectivity index (χ0v) is 21.1. The Morgan fingerprint density at radius 1 is 0.971 bits per heavy atom. The molecule has 3 aromatic rings. The minimum atomic E-state index is -0.669. The minimum absolute atomic E-state index is 0.158. The Morgan fingerprint density at radius 2 is 1.63 bits per heavy atom. The molecule has 0 saturated carbocycles. The molecule has 0 heterocycles. The number of amides is 2. The van der Waals surface area contributed by atoms with Gasteiger partial charge in [-0.1, -0.05) is 85.6 Å². The van der Waals surface area contributed by atoms with Gasteiger partial charge in [0.2, 0.25) is 5.91 Å². The molecule has 35 heavy (non-hydrogen) atoms. The molecule has 1 N–H and O–H groups in total. The Hall–Kier alpha value is -3.31. The molecular formula is C29H33ClN2O3. The van der Waals surface area contributed by atoms with Gasteiger partial charge in [0, 0.05) is 24.5 Å². The summed E-state index contributed by atoms with van der Waals surface area (Å²) in [6.07, 6.45) is 2.28. The number of hydrogen-bond donors (Lipinski definition) is 1. The second-order valence-electron chi connectivity index (χ2n) is 8.56. The van der Waals surface area contributed by atoms with E-state index in [1.165, 1.54) is 0 Å². The van der Waals surface area contributed by atoms with Crippen molar-refractivity contribution in [1.29, 1.82) is 0 Å². The van der Waals surface area contributed by atoms with Crippen LogP contribution in [0.1, 0.15) is 36.5 Å². The monoisotopic (exact) mass is 492 g/mol. The van der Waals surface area contributed by atoms with Gasteiger partial charge in [0.15, 0.2) is 6.61 Å². The molecule has 0 fully saturated rings. The maximum Gasteiger partial charge on any atom is 0.261 e. The number of rotatable bonds is 12. The Morgan fingerprint density at radius 3 is 2.26 bits per heavy atom. The molecule has 0 spiro atoms. The standard InChI is InChI=1S/C29H33ClN2O3/c1-3-4-17-31-29(34)27(19-23-11-7-5-8-12-23)32(20-24-13-9-6-10-14-24)28(33)21-35-25-15-16-26(30)22(2)18-25/h5-16,18,27H,3-4,17,19-21H2,1-2H3,(H,31,34)/t27-/m1/s1. The molecule has 3 rings (SSSR count). The normalized spacial score (nSPS) is 11.5. The van der Waals surface area contributed by atoms with Crippen LogP contribution in [-0.2, 0) is 22.6 Å². The second-order valence-corrected chi connectivity index (χ2v) is 8.96. The minimum Gasteiger partial charge on any atom is -0.484 e. The summed E-state index contributed by atoms with van der Waals surface area (Å²) in [5, 5.41) is 3.66. The molecule has 1 atom stereocenters. The van der Waals surface area contributed by atoms with Crippen molar-refractivity contribution in [1.82, 2.24) is 10.2 Å². The first-order valence-corrected chi connectivity index (χ1v) is 12.4. The van der Waals surface area contributed by atoms with Crippen molar-refractivity contribution in [2.24, 2.45) is 0 Å². The average molecular weight is 493 g/mol. The third-order valence-electron chi connectivity index (χ3n) is 5.79. The van der Waals surface area contributed by atoms with Gasteiger partial charge in [-0.15, -0.1) is 0 Å². The number of nitrogens with one attached hydrogen (secondary N) is 1. The third-order valence-corrected chi connectivity index (χ3v) is 6.21. The van der Waals surface area contributed by atoms with Gasteiger partial charge in [0.05, 0.1) is 0 Å². The Kier molecular flexibility index (Phi) is 10.2. The molecule has 0 aromatic heterocycles. The molecular weight excluding hydrogens is 460 g/mol. The Bertz CT molecular complexity index is 1090. The van der Waals surface area contributed by atoms with E-state index in [0.29, 0.717) is 30.3 Å². The molecule has 184 valence electrons. The van der Waals surface area contributed by atoms with Gasteiger partial charge in [0.25, 0.3) is 5.91 Å². The van der Waals surface area contributed by atoms with Crippen LogP contribution in [0, 0.1) is 6.92 Å². The van der Waals surface area contributed by atoms with Crippen LogP contribution in [0.5, 0.6) is 5.75 Å². The van der Waals surface area contributed by atoms with Crippen molar-refractivity contribution in [3.05, 3.63) is 101 Å². The van der Waals surface area contributed by atoms with Crippen molar-refractivity contribution < 1.29 is 14.3 Å². The lowest BCUT2D eigenvalue weighted by Crippen LogP contribution is -2.51. The molecule has 0 radical (unpaired) electrons. The van der Waals surface area contributed by atoms with Gasteiger partial charge in [-0.2, -0.15) is 0 Å². The number of carbonyl (C=O) groups excluding carboxylic acids is 2. The summed E-state index contributed by atoms with van der Waals surface area (Å²) in [4.78, 5) is 28.5. The van der Waals surface area contributed by atoms with Crippen molar-refractivity contribution in [2.45, 2.75) is 45.7 Å². The number of nitrogens with zero attached hydrogens (tertiary/aromatic N) is 1.